The third-order valence-electron chi connectivity index (χ3n) is 11.6. The molecule has 348 valence electrons. The highest BCUT2D eigenvalue weighted by molar-refractivity contribution is 8.00. The highest BCUT2D eigenvalue weighted by atomic mass is 35.5. The third-order valence-corrected chi connectivity index (χ3v) is 13.2. The van der Waals surface area contributed by atoms with Crippen LogP contribution in [0.25, 0.3) is 0 Å². The molecule has 1 unspecified atom stereocenters. The maximum absolute atomic E-state index is 14.2. The number of ether oxygens (including phenoxy) is 5. The Labute approximate surface area is 376 Å². The second-order valence-electron chi connectivity index (χ2n) is 16.3. The number of esters is 1. The molecule has 1 aromatic rings. The van der Waals surface area contributed by atoms with Crippen molar-refractivity contribution in [3.63, 3.8) is 0 Å². The lowest BCUT2D eigenvalue weighted by molar-refractivity contribution is -0.162. The first-order valence-electron chi connectivity index (χ1n) is 20.6. The number of amides is 5. The molecule has 0 radical (unpaired) electrons. The zero-order valence-electron chi connectivity index (χ0n) is 37.0. The number of halogens is 1. The van der Waals surface area contributed by atoms with Crippen molar-refractivity contribution in [1.29, 1.82) is 0 Å². The highest BCUT2D eigenvalue weighted by Crippen LogP contribution is 2.49. The van der Waals surface area contributed by atoms with E-state index < -0.39 is 82.7 Å². The first-order valence-corrected chi connectivity index (χ1v) is 22.1. The van der Waals surface area contributed by atoms with Gasteiger partial charge >= 0.3 is 12.1 Å². The lowest BCUT2D eigenvalue weighted by Gasteiger charge is -2.42. The zero-order valence-corrected chi connectivity index (χ0v) is 38.5. The summed E-state index contributed by atoms with van der Waals surface area (Å²) in [6.07, 6.45) is 1.31. The number of nitrogens with zero attached hydrogens (tertiary/aromatic N) is 2. The molecule has 9 atom stereocenters. The molecule has 0 aromatic heterocycles. The molecule has 0 saturated carbocycles. The molecule has 3 heterocycles. The number of epoxide rings is 1. The molecular weight excluding hydrogens is 862 g/mol. The summed E-state index contributed by atoms with van der Waals surface area (Å²) in [7, 11) is 5.84. The zero-order chi connectivity index (χ0) is 46.8. The molecule has 4 bridgehead atoms. The molecule has 1 aromatic carbocycles. The van der Waals surface area contributed by atoms with Gasteiger partial charge in [0, 0.05) is 65.1 Å². The van der Waals surface area contributed by atoms with Crippen molar-refractivity contribution in [1.82, 2.24) is 15.5 Å². The molecule has 2 fully saturated rings. The van der Waals surface area contributed by atoms with Crippen LogP contribution in [0.4, 0.5) is 10.5 Å². The van der Waals surface area contributed by atoms with Crippen LogP contribution in [0.2, 0.25) is 5.02 Å². The van der Waals surface area contributed by atoms with E-state index in [2.05, 4.69) is 10.6 Å². The highest BCUT2D eigenvalue weighted by Gasteiger charge is 2.64. The minimum atomic E-state index is -1.87. The number of primary amides is 1. The van der Waals surface area contributed by atoms with E-state index in [-0.39, 0.29) is 55.3 Å². The Kier molecular flexibility index (Phi) is 18.0. The Morgan fingerprint density at radius 2 is 1.94 bits per heavy atom. The monoisotopic (exact) mass is 921 g/mol. The standard InChI is InChI=1S/C43H60ClN5O13S/c1-24-11-9-12-32(59-8)43(57)22-31(60-41(56)47-43)25(2)39-42(4,62-39)33(21-37(54)49(6)29-18-27(17-24)19-30(58-7)38(29)44)61-40(55)26(3)48(5)36(53)14-16-63-28(23-50)20-35(52)46-15-10-13-34(45)51/h9,11-12,18-19,23,25-26,28,31-33,39,57H,10,13-17,20-22H2,1-8H3,(H2,45,51)(H,46,52)(H,47,56)/b12-9+,24-11+/t25-,26+,28?,31+,32-,33+,39+,42+,43+/m1/s1. The summed E-state index contributed by atoms with van der Waals surface area (Å²) in [4.78, 5) is 91.8. The van der Waals surface area contributed by atoms with Gasteiger partial charge in [0.25, 0.3) is 0 Å². The Bertz CT molecular complexity index is 1950. The number of thioether (sulfide) groups is 1. The number of likely N-dealkylation sites (N-methyl/N-ethyl adjacent to an activating group) is 1. The molecule has 20 heteroatoms. The molecule has 0 aliphatic carbocycles. The summed E-state index contributed by atoms with van der Waals surface area (Å²) in [5, 5.41) is 16.4. The van der Waals surface area contributed by atoms with Crippen LogP contribution < -0.4 is 26.0 Å². The third kappa shape index (κ3) is 13.2. The molecule has 2 saturated heterocycles. The summed E-state index contributed by atoms with van der Waals surface area (Å²) in [6, 6.07) is 2.39. The van der Waals surface area contributed by atoms with Gasteiger partial charge in [-0.2, -0.15) is 0 Å². The van der Waals surface area contributed by atoms with Crippen molar-refractivity contribution in [2.24, 2.45) is 11.7 Å². The van der Waals surface area contributed by atoms with Crippen LogP contribution in [0.15, 0.2) is 35.9 Å². The van der Waals surface area contributed by atoms with Crippen molar-refractivity contribution in [3.05, 3.63) is 46.5 Å². The number of carbonyl (C=O) groups is 7. The van der Waals surface area contributed by atoms with E-state index in [0.29, 0.717) is 30.6 Å². The van der Waals surface area contributed by atoms with Gasteiger partial charge in [-0.05, 0) is 51.3 Å². The maximum Gasteiger partial charge on any atom is 0.409 e. The van der Waals surface area contributed by atoms with Crippen molar-refractivity contribution in [2.75, 3.05) is 45.5 Å². The average Bonchev–Trinajstić information content (AvgIpc) is 3.93. The van der Waals surface area contributed by atoms with E-state index in [4.69, 9.17) is 41.0 Å². The van der Waals surface area contributed by atoms with Crippen LogP contribution in [0.1, 0.15) is 71.8 Å². The number of hydrogen-bond donors (Lipinski definition) is 4. The Morgan fingerprint density at radius 3 is 2.59 bits per heavy atom. The molecule has 3 aliphatic rings. The fourth-order valence-corrected chi connectivity index (χ4v) is 8.84. The number of aliphatic hydroxyl groups is 1. The normalized spacial score (nSPS) is 28.4. The number of alkyl carbamates (subject to hydrolysis) is 1. The number of hydrogen-bond acceptors (Lipinski definition) is 14. The predicted octanol–water partition coefficient (Wildman–Crippen LogP) is 2.98. The number of nitrogens with two attached hydrogens (primary N) is 1. The van der Waals surface area contributed by atoms with Gasteiger partial charge in [0.1, 0.15) is 47.0 Å². The number of aldehydes is 1. The quantitative estimate of drug-likeness (QED) is 0.0807. The van der Waals surface area contributed by atoms with E-state index in [1.165, 1.54) is 45.0 Å². The van der Waals surface area contributed by atoms with Crippen molar-refractivity contribution in [3.8, 4) is 5.75 Å². The summed E-state index contributed by atoms with van der Waals surface area (Å²) in [5.41, 5.74) is 3.94. The van der Waals surface area contributed by atoms with E-state index in [9.17, 15) is 38.7 Å². The number of nitrogens with one attached hydrogen (secondary N) is 2. The second kappa shape index (κ2) is 22.3. The lowest BCUT2D eigenvalue weighted by atomic mass is 9.83. The molecule has 18 nitrogen and oxygen atoms in total. The minimum absolute atomic E-state index is 0.0733. The maximum atomic E-state index is 14.2. The van der Waals surface area contributed by atoms with Crippen LogP contribution >= 0.6 is 23.4 Å². The number of allylic oxidation sites excluding steroid dienone is 3. The fourth-order valence-electron chi connectivity index (χ4n) is 7.58. The van der Waals surface area contributed by atoms with Gasteiger partial charge < -0.3 is 54.4 Å². The van der Waals surface area contributed by atoms with E-state index in [1.807, 2.05) is 13.0 Å². The fraction of sp³-hybridized carbons (Fsp3) is 0.605. The topological polar surface area (TPSA) is 246 Å². The van der Waals surface area contributed by atoms with E-state index >= 15 is 0 Å². The largest absolute Gasteiger partial charge is 0.495 e. The first-order chi connectivity index (χ1) is 29.7. The first kappa shape index (κ1) is 50.9. The molecular formula is C43H60ClN5O13S. The van der Waals surface area contributed by atoms with Crippen LogP contribution in [0, 0.1) is 5.92 Å². The van der Waals surface area contributed by atoms with Crippen LogP contribution in [0.3, 0.4) is 0 Å². The summed E-state index contributed by atoms with van der Waals surface area (Å²) in [6.45, 7) is 7.03. The van der Waals surface area contributed by atoms with Crippen molar-refractivity contribution in [2.45, 2.75) is 120 Å². The molecule has 5 amide bonds. The number of fused-ring (bicyclic) bond motifs is 5. The second-order valence-corrected chi connectivity index (χ2v) is 18.0. The molecule has 63 heavy (non-hydrogen) atoms. The Hall–Kier alpha value is -4.69. The van der Waals surface area contributed by atoms with Crippen LogP contribution in [-0.4, -0.2) is 140 Å². The van der Waals surface area contributed by atoms with Gasteiger partial charge in [-0.25, -0.2) is 9.59 Å². The molecule has 0 spiro atoms. The van der Waals surface area contributed by atoms with Gasteiger partial charge in [-0.1, -0.05) is 42.3 Å². The van der Waals surface area contributed by atoms with Gasteiger partial charge in [-0.15, -0.1) is 11.8 Å². The Morgan fingerprint density at radius 1 is 1.22 bits per heavy atom. The number of carbonyl (C=O) groups excluding carboxylic acids is 7. The summed E-state index contributed by atoms with van der Waals surface area (Å²) < 4.78 is 29.2. The van der Waals surface area contributed by atoms with E-state index in [0.717, 1.165) is 22.9 Å². The number of methoxy groups -OCH3 is 2. The van der Waals surface area contributed by atoms with Gasteiger partial charge in [0.15, 0.2) is 5.72 Å². The molecule has 5 N–H and O–H groups in total. The van der Waals surface area contributed by atoms with Crippen LogP contribution in [0.5, 0.6) is 5.75 Å². The molecule has 3 aliphatic heterocycles. The van der Waals surface area contributed by atoms with Crippen molar-refractivity contribution < 1.29 is 62.4 Å². The van der Waals surface area contributed by atoms with Gasteiger partial charge in [0.05, 0.1) is 30.6 Å². The van der Waals surface area contributed by atoms with E-state index in [1.54, 1.807) is 38.1 Å². The number of anilines is 1. The SMILES string of the molecule is COc1cc2cc(c1Cl)N(C)C(=O)C[C@H](OC(=O)[C@H](C)N(C)C(=O)CCSC(C=O)CC(=O)NCCCC(N)=O)[C@]1(C)O[C@H]1[C@H](C)[C@@H]1C[C@@](O)(NC(=O)O1)[C@H](OC)/C=C/C=C(\C)C2. The molecule has 4 rings (SSSR count). The predicted molar refractivity (Wildman–Crippen MR) is 234 cm³/mol. The number of benzene rings is 1. The summed E-state index contributed by atoms with van der Waals surface area (Å²) >= 11 is 7.89. The summed E-state index contributed by atoms with van der Waals surface area (Å²) in [5.74, 6) is -2.73. The van der Waals surface area contributed by atoms with Crippen molar-refractivity contribution >= 4 is 71.0 Å². The number of rotatable bonds is 16. The smallest absolute Gasteiger partial charge is 0.409 e. The van der Waals surface area contributed by atoms with Crippen LogP contribution in [-0.2, 0) is 54.1 Å². The average molecular weight is 922 g/mol. The Balaban J connectivity index is 1.56. The minimum Gasteiger partial charge on any atom is -0.495 e. The van der Waals surface area contributed by atoms with Gasteiger partial charge in [0.2, 0.25) is 23.6 Å². The van der Waals surface area contributed by atoms with Gasteiger partial charge in [-0.3, -0.25) is 24.5 Å². The lowest BCUT2D eigenvalue weighted by Crippen LogP contribution is -2.63.